The smallest absolute Gasteiger partial charge is 0.358 e. The van der Waals surface area contributed by atoms with Crippen LogP contribution < -0.4 is 5.32 Å². The van der Waals surface area contributed by atoms with Gasteiger partial charge in [-0.05, 0) is 18.2 Å². The van der Waals surface area contributed by atoms with E-state index in [1.807, 2.05) is 12.1 Å². The van der Waals surface area contributed by atoms with Gasteiger partial charge in [0, 0.05) is 11.0 Å². The molecule has 0 bridgehead atoms. The molecule has 2 N–H and O–H groups in total. The first-order valence-electron chi connectivity index (χ1n) is 5.38. The van der Waals surface area contributed by atoms with E-state index < -0.39 is 5.97 Å². The van der Waals surface area contributed by atoms with Crippen LogP contribution in [0.3, 0.4) is 0 Å². The van der Waals surface area contributed by atoms with E-state index in [0.29, 0.717) is 18.1 Å². The van der Waals surface area contributed by atoms with Gasteiger partial charge in [0.2, 0.25) is 0 Å². The van der Waals surface area contributed by atoms with Crippen LogP contribution in [0, 0.1) is 0 Å². The average Bonchev–Trinajstić information content (AvgIpc) is 2.82. The summed E-state index contributed by atoms with van der Waals surface area (Å²) in [7, 11) is 0. The number of halogens is 2. The lowest BCUT2D eigenvalue weighted by atomic mass is 10.3. The number of carboxylic acid groups (broad SMARTS) is 1. The van der Waals surface area contributed by atoms with Gasteiger partial charge in [0.25, 0.3) is 0 Å². The number of hydrogen-bond donors (Lipinski definition) is 2. The molecule has 0 unspecified atom stereocenters. The van der Waals surface area contributed by atoms with Crippen molar-refractivity contribution in [1.29, 1.82) is 0 Å². The van der Waals surface area contributed by atoms with Crippen molar-refractivity contribution < 1.29 is 9.90 Å². The number of aromatic nitrogens is 3. The molecule has 19 heavy (non-hydrogen) atoms. The van der Waals surface area contributed by atoms with E-state index in [1.54, 1.807) is 6.07 Å². The topological polar surface area (TPSA) is 80.0 Å². The third kappa shape index (κ3) is 3.68. The Morgan fingerprint density at radius 1 is 1.53 bits per heavy atom. The van der Waals surface area contributed by atoms with Crippen LogP contribution in [-0.2, 0) is 6.54 Å². The van der Waals surface area contributed by atoms with Crippen LogP contribution in [0.1, 0.15) is 10.5 Å². The van der Waals surface area contributed by atoms with Crippen LogP contribution in [0.25, 0.3) is 0 Å². The molecule has 0 saturated heterocycles. The maximum atomic E-state index is 10.6. The predicted molar refractivity (Wildman–Crippen MR) is 74.6 cm³/mol. The molecule has 1 aromatic heterocycles. The first-order valence-corrected chi connectivity index (χ1v) is 6.55. The number of benzene rings is 1. The van der Waals surface area contributed by atoms with Gasteiger partial charge in [0.15, 0.2) is 5.69 Å². The molecule has 100 valence electrons. The highest BCUT2D eigenvalue weighted by Gasteiger charge is 2.07. The Morgan fingerprint density at radius 3 is 3.00 bits per heavy atom. The second-order valence-electron chi connectivity index (χ2n) is 3.72. The van der Waals surface area contributed by atoms with Crippen molar-refractivity contribution in [2.24, 2.45) is 0 Å². The summed E-state index contributed by atoms with van der Waals surface area (Å²) in [6, 6.07) is 5.50. The van der Waals surface area contributed by atoms with Gasteiger partial charge in [-0.25, -0.2) is 9.48 Å². The van der Waals surface area contributed by atoms with E-state index in [-0.39, 0.29) is 5.69 Å². The van der Waals surface area contributed by atoms with Gasteiger partial charge >= 0.3 is 5.97 Å². The minimum Gasteiger partial charge on any atom is -0.476 e. The summed E-state index contributed by atoms with van der Waals surface area (Å²) >= 11 is 9.39. The minimum absolute atomic E-state index is 0.0690. The third-order valence-electron chi connectivity index (χ3n) is 2.34. The van der Waals surface area contributed by atoms with Crippen molar-refractivity contribution in [1.82, 2.24) is 15.0 Å². The molecule has 0 saturated carbocycles. The van der Waals surface area contributed by atoms with Gasteiger partial charge in [-0.2, -0.15) is 0 Å². The highest BCUT2D eigenvalue weighted by molar-refractivity contribution is 9.10. The Bertz CT molecular complexity index is 602. The van der Waals surface area contributed by atoms with Gasteiger partial charge in [-0.15, -0.1) is 5.10 Å². The van der Waals surface area contributed by atoms with Gasteiger partial charge in [-0.3, -0.25) is 0 Å². The summed E-state index contributed by atoms with van der Waals surface area (Å²) in [5.74, 6) is -1.09. The summed E-state index contributed by atoms with van der Waals surface area (Å²) in [4.78, 5) is 10.6. The van der Waals surface area contributed by atoms with Gasteiger partial charge in [0.1, 0.15) is 0 Å². The molecule has 2 rings (SSSR count). The normalized spacial score (nSPS) is 10.4. The molecule has 0 aliphatic carbocycles. The number of aromatic carboxylic acids is 1. The zero-order valence-electron chi connectivity index (χ0n) is 9.68. The number of nitrogens with zero attached hydrogens (tertiary/aromatic N) is 3. The number of rotatable bonds is 5. The maximum absolute atomic E-state index is 10.6. The SMILES string of the molecule is O=C(O)c1cn(CCNc2cc(Br)ccc2Cl)nn1. The monoisotopic (exact) mass is 344 g/mol. The third-order valence-corrected chi connectivity index (χ3v) is 3.17. The van der Waals surface area contributed by atoms with Crippen LogP contribution in [0.5, 0.6) is 0 Å². The molecular formula is C11H10BrClN4O2. The lowest BCUT2D eigenvalue weighted by molar-refractivity contribution is 0.0690. The lowest BCUT2D eigenvalue weighted by Crippen LogP contribution is -2.11. The van der Waals surface area contributed by atoms with Crippen LogP contribution in [0.15, 0.2) is 28.9 Å². The van der Waals surface area contributed by atoms with E-state index in [0.717, 1.165) is 10.2 Å². The second kappa shape index (κ2) is 6.03. The van der Waals surface area contributed by atoms with Crippen molar-refractivity contribution in [3.05, 3.63) is 39.6 Å². The average molecular weight is 346 g/mol. The second-order valence-corrected chi connectivity index (χ2v) is 5.05. The highest BCUT2D eigenvalue weighted by Crippen LogP contribution is 2.25. The lowest BCUT2D eigenvalue weighted by Gasteiger charge is -2.08. The van der Waals surface area contributed by atoms with E-state index in [4.69, 9.17) is 16.7 Å². The Balaban J connectivity index is 1.92. The minimum atomic E-state index is -1.09. The quantitative estimate of drug-likeness (QED) is 0.870. The van der Waals surface area contributed by atoms with Crippen molar-refractivity contribution in [3.8, 4) is 0 Å². The number of anilines is 1. The zero-order valence-corrected chi connectivity index (χ0v) is 12.0. The zero-order chi connectivity index (χ0) is 13.8. The van der Waals surface area contributed by atoms with Crippen LogP contribution in [0.2, 0.25) is 5.02 Å². The van der Waals surface area contributed by atoms with E-state index in [1.165, 1.54) is 10.9 Å². The molecular weight excluding hydrogens is 336 g/mol. The van der Waals surface area contributed by atoms with Crippen molar-refractivity contribution in [2.75, 3.05) is 11.9 Å². The molecule has 6 nitrogen and oxygen atoms in total. The van der Waals surface area contributed by atoms with Crippen LogP contribution >= 0.6 is 27.5 Å². The van der Waals surface area contributed by atoms with Crippen molar-refractivity contribution in [2.45, 2.75) is 6.54 Å². The largest absolute Gasteiger partial charge is 0.476 e. The Kier molecular flexibility index (Phi) is 4.39. The summed E-state index contributed by atoms with van der Waals surface area (Å²) in [5.41, 5.74) is 0.732. The van der Waals surface area contributed by atoms with Gasteiger partial charge in [-0.1, -0.05) is 32.7 Å². The summed E-state index contributed by atoms with van der Waals surface area (Å²) in [5, 5.41) is 19.7. The summed E-state index contributed by atoms with van der Waals surface area (Å²) in [6.07, 6.45) is 1.38. The number of carboxylic acids is 1. The standard InChI is InChI=1S/C11H10BrClN4O2/c12-7-1-2-8(13)9(5-7)14-3-4-17-6-10(11(18)19)15-16-17/h1-2,5-6,14H,3-4H2,(H,18,19). The molecule has 8 heteroatoms. The fraction of sp³-hybridized carbons (Fsp3) is 0.182. The van der Waals surface area contributed by atoms with Crippen LogP contribution in [-0.4, -0.2) is 32.6 Å². The summed E-state index contributed by atoms with van der Waals surface area (Å²) < 4.78 is 2.39. The number of hydrogen-bond acceptors (Lipinski definition) is 4. The van der Waals surface area contributed by atoms with E-state index in [2.05, 4.69) is 31.6 Å². The van der Waals surface area contributed by atoms with E-state index in [9.17, 15) is 4.79 Å². The molecule has 2 aromatic rings. The summed E-state index contributed by atoms with van der Waals surface area (Å²) in [6.45, 7) is 1.04. The Labute approximate surface area is 122 Å². The fourth-order valence-corrected chi connectivity index (χ4v) is 1.99. The highest BCUT2D eigenvalue weighted by atomic mass is 79.9. The molecule has 1 aromatic carbocycles. The molecule has 0 aliphatic rings. The Morgan fingerprint density at radius 2 is 2.32 bits per heavy atom. The van der Waals surface area contributed by atoms with Gasteiger partial charge in [0.05, 0.1) is 23.5 Å². The maximum Gasteiger partial charge on any atom is 0.358 e. The molecule has 0 amide bonds. The van der Waals surface area contributed by atoms with Crippen LogP contribution in [0.4, 0.5) is 5.69 Å². The number of carbonyl (C=O) groups is 1. The van der Waals surface area contributed by atoms with Crippen molar-refractivity contribution in [3.63, 3.8) is 0 Å². The molecule has 0 aliphatic heterocycles. The molecule has 1 heterocycles. The predicted octanol–water partition coefficient (Wildman–Crippen LogP) is 2.50. The Hall–Kier alpha value is -1.60. The molecule has 0 radical (unpaired) electrons. The first kappa shape index (κ1) is 13.8. The van der Waals surface area contributed by atoms with Crippen molar-refractivity contribution >= 4 is 39.2 Å². The number of nitrogens with one attached hydrogen (secondary N) is 1. The first-order chi connectivity index (χ1) is 9.06. The fourth-order valence-electron chi connectivity index (χ4n) is 1.44. The van der Waals surface area contributed by atoms with Gasteiger partial charge < -0.3 is 10.4 Å². The van der Waals surface area contributed by atoms with E-state index >= 15 is 0 Å². The molecule has 0 fully saturated rings. The molecule has 0 spiro atoms. The molecule has 0 atom stereocenters.